The summed E-state index contributed by atoms with van der Waals surface area (Å²) in [5.74, 6) is 0. The molecule has 0 bridgehead atoms. The minimum atomic E-state index is -4.30. The van der Waals surface area contributed by atoms with Gasteiger partial charge in [0.2, 0.25) is 0 Å². The molecule has 4 heteroatoms. The van der Waals surface area contributed by atoms with E-state index in [-0.39, 0.29) is 24.8 Å². The van der Waals surface area contributed by atoms with Crippen molar-refractivity contribution in [3.8, 4) is 0 Å². The van der Waals surface area contributed by atoms with Crippen LogP contribution in [0.4, 0.5) is 0 Å². The summed E-state index contributed by atoms with van der Waals surface area (Å²) in [6, 6.07) is 41.1. The van der Waals surface area contributed by atoms with Gasteiger partial charge in [-0.2, -0.15) is 0 Å². The molecule has 4 aromatic carbocycles. The zero-order valence-corrected chi connectivity index (χ0v) is 25.5. The van der Waals surface area contributed by atoms with Gasteiger partial charge in [0.05, 0.1) is 0 Å². The Morgan fingerprint density at radius 3 is 1.24 bits per heavy atom. The minimum absolute atomic E-state index is 0. The van der Waals surface area contributed by atoms with Gasteiger partial charge in [-0.05, 0) is 0 Å². The average molecular weight is 666 g/mol. The summed E-state index contributed by atoms with van der Waals surface area (Å²) >= 11 is -4.30. The van der Waals surface area contributed by atoms with Gasteiger partial charge in [0.25, 0.3) is 0 Å². The predicted octanol–water partition coefficient (Wildman–Crippen LogP) is 6.25. The molecule has 2 unspecified atom stereocenters. The maximum atomic E-state index is 2.54. The maximum absolute atomic E-state index is 4.30. The molecular weight excluding hydrogens is 638 g/mol. The first-order valence-corrected chi connectivity index (χ1v) is 27.5. The summed E-state index contributed by atoms with van der Waals surface area (Å²) in [6.45, 7) is 2.41. The Bertz CT molecular complexity index is 1330. The number of rotatable bonds is 4. The number of allylic oxidation sites excluding steroid dienone is 2. The summed E-state index contributed by atoms with van der Waals surface area (Å²) in [5.41, 5.74) is 5.77. The van der Waals surface area contributed by atoms with Crippen LogP contribution in [-0.4, -0.2) is 6.94 Å². The van der Waals surface area contributed by atoms with E-state index in [1.165, 1.54) is 22.3 Å². The van der Waals surface area contributed by atoms with Gasteiger partial charge in [0.1, 0.15) is 0 Å². The van der Waals surface area contributed by atoms with Crippen LogP contribution in [0, 0.1) is 0 Å². The average Bonchev–Trinajstić information content (AvgIpc) is 3.50. The summed E-state index contributed by atoms with van der Waals surface area (Å²) in [4.78, 5) is 0. The molecule has 2 aliphatic rings. The van der Waals surface area contributed by atoms with Crippen molar-refractivity contribution in [2.75, 3.05) is 0 Å². The van der Waals surface area contributed by atoms with Crippen LogP contribution < -0.4 is 6.64 Å². The van der Waals surface area contributed by atoms with E-state index in [0.717, 1.165) is 0 Å². The van der Waals surface area contributed by atoms with E-state index >= 15 is 0 Å². The third-order valence-electron chi connectivity index (χ3n) is 7.93. The van der Waals surface area contributed by atoms with Gasteiger partial charge in [-0.15, -0.1) is 24.8 Å². The second-order valence-electron chi connectivity index (χ2n) is 9.29. The van der Waals surface area contributed by atoms with Crippen molar-refractivity contribution in [2.45, 2.75) is 7.35 Å². The van der Waals surface area contributed by atoms with Crippen molar-refractivity contribution in [1.82, 2.24) is 0 Å². The second kappa shape index (κ2) is 9.58. The fourth-order valence-corrected chi connectivity index (χ4v) is 41.7. The zero-order valence-electron chi connectivity index (χ0n) is 18.9. The number of hydrogen-bond donors (Lipinski definition) is 0. The standard InChI is InChI=1S/2C9H7.2C6H5.2ClH.Hf.H2Si/c2*1-2-5-9-7-3-6-8(9)4-1;2*1-2-4-6-5-3-1;;;;/h2*1-7H;2*1-5H;2*1H;;1H2. The Morgan fingerprint density at radius 2 is 0.824 bits per heavy atom. The van der Waals surface area contributed by atoms with Gasteiger partial charge in [0, 0.05) is 0 Å². The molecule has 170 valence electrons. The Kier molecular flexibility index (Phi) is 7.08. The van der Waals surface area contributed by atoms with Crippen molar-refractivity contribution >= 4 is 50.5 Å². The Hall–Kier alpha value is -1.97. The zero-order chi connectivity index (χ0) is 21.6. The van der Waals surface area contributed by atoms with Crippen LogP contribution in [-0.2, 0) is 17.1 Å². The molecule has 0 N–H and O–H groups in total. The van der Waals surface area contributed by atoms with Gasteiger partial charge in [-0.1, -0.05) is 0 Å². The van der Waals surface area contributed by atoms with E-state index in [1.54, 1.807) is 6.64 Å². The molecule has 34 heavy (non-hydrogen) atoms. The topological polar surface area (TPSA) is 0 Å². The van der Waals surface area contributed by atoms with Gasteiger partial charge in [0.15, 0.2) is 0 Å². The van der Waals surface area contributed by atoms with Crippen molar-refractivity contribution in [3.05, 3.63) is 144 Å². The first-order chi connectivity index (χ1) is 15.7. The van der Waals surface area contributed by atoms with Crippen LogP contribution in [0.1, 0.15) is 29.6 Å². The molecule has 0 heterocycles. The molecule has 0 saturated heterocycles. The van der Waals surface area contributed by atoms with E-state index in [2.05, 4.69) is 140 Å². The van der Waals surface area contributed by atoms with Gasteiger partial charge >= 0.3 is 194 Å². The molecule has 2 aliphatic carbocycles. The molecule has 4 aromatic rings. The first-order valence-electron chi connectivity index (χ1n) is 11.4. The molecule has 6 rings (SSSR count). The van der Waals surface area contributed by atoms with Crippen molar-refractivity contribution in [2.24, 2.45) is 0 Å². The summed E-state index contributed by atoms with van der Waals surface area (Å²) in [6.07, 6.45) is 9.84. The molecule has 0 amide bonds. The summed E-state index contributed by atoms with van der Waals surface area (Å²) < 4.78 is 4.00. The Morgan fingerprint density at radius 1 is 0.471 bits per heavy atom. The van der Waals surface area contributed by atoms with Crippen LogP contribution in [0.5, 0.6) is 0 Å². The van der Waals surface area contributed by atoms with Crippen molar-refractivity contribution in [3.63, 3.8) is 0 Å². The third kappa shape index (κ3) is 3.42. The molecule has 0 aliphatic heterocycles. The van der Waals surface area contributed by atoms with Crippen LogP contribution >= 0.6 is 24.8 Å². The summed E-state index contributed by atoms with van der Waals surface area (Å²) in [5, 5.41) is 0. The van der Waals surface area contributed by atoms with Crippen LogP contribution in [0.25, 0.3) is 12.2 Å². The van der Waals surface area contributed by atoms with E-state index in [1.807, 2.05) is 0 Å². The monoisotopic (exact) mass is 666 g/mol. The van der Waals surface area contributed by atoms with E-state index < -0.39 is 17.1 Å². The molecule has 0 nitrogen and oxygen atoms in total. The molecule has 0 saturated carbocycles. The molecule has 0 fully saturated rings. The quantitative estimate of drug-likeness (QED) is 0.226. The van der Waals surface area contributed by atoms with Crippen LogP contribution in [0.15, 0.2) is 121 Å². The molecule has 0 spiro atoms. The number of benzene rings is 4. The Labute approximate surface area is 217 Å². The number of hydrogen-bond acceptors (Lipinski definition) is 0. The van der Waals surface area contributed by atoms with Crippen molar-refractivity contribution < 1.29 is 17.1 Å². The third-order valence-corrected chi connectivity index (χ3v) is 47.8. The first kappa shape index (κ1) is 25.1. The van der Waals surface area contributed by atoms with Gasteiger partial charge < -0.3 is 0 Å². The second-order valence-corrected chi connectivity index (χ2v) is 42.1. The molecular formula is C30H28Cl2HfSi. The molecule has 0 radical (unpaired) electrons. The van der Waals surface area contributed by atoms with Gasteiger partial charge in [-0.3, -0.25) is 0 Å². The molecule has 0 aromatic heterocycles. The van der Waals surface area contributed by atoms with Crippen LogP contribution in [0.3, 0.4) is 0 Å². The van der Waals surface area contributed by atoms with E-state index in [4.69, 9.17) is 0 Å². The SMILES string of the molecule is Cl.Cl.[SiH2]=[Hf]([c]1ccccc1)([c]1ccccc1)([CH]1C=Cc2ccccc21)[CH]1C=Cc2ccccc21. The fraction of sp³-hybridized carbons (Fsp3) is 0.0667. The van der Waals surface area contributed by atoms with Crippen LogP contribution in [0.2, 0.25) is 0 Å². The normalized spacial score (nSPS) is 17.9. The number of fused-ring (bicyclic) bond motifs is 2. The van der Waals surface area contributed by atoms with Gasteiger partial charge in [-0.25, -0.2) is 0 Å². The van der Waals surface area contributed by atoms with Crippen molar-refractivity contribution in [1.29, 1.82) is 0 Å². The van der Waals surface area contributed by atoms with E-state index in [9.17, 15) is 0 Å². The van der Waals surface area contributed by atoms with E-state index in [0.29, 0.717) is 7.35 Å². The number of halogens is 2. The molecule has 2 atom stereocenters. The predicted molar refractivity (Wildman–Crippen MR) is 152 cm³/mol. The summed E-state index contributed by atoms with van der Waals surface area (Å²) in [7, 11) is 0. The fourth-order valence-electron chi connectivity index (χ4n) is 6.39. The Balaban J connectivity index is 0.00000137.